The molecule has 1 saturated heterocycles. The number of carbonyl (C=O) groups is 1. The number of nitrogens with zero attached hydrogens (tertiary/aromatic N) is 4. The molecule has 0 aromatic carbocycles. The largest absolute Gasteiger partial charge is 0.338 e. The second kappa shape index (κ2) is 9.42. The minimum absolute atomic E-state index is 0. The van der Waals surface area contributed by atoms with Gasteiger partial charge in [0.2, 0.25) is 0 Å². The summed E-state index contributed by atoms with van der Waals surface area (Å²) in [7, 11) is 0. The average molecular weight is 428 g/mol. The Morgan fingerprint density at radius 2 is 1.89 bits per heavy atom. The van der Waals surface area contributed by atoms with E-state index in [9.17, 15) is 4.79 Å². The smallest absolute Gasteiger partial charge is 0.255 e. The Labute approximate surface area is 179 Å². The van der Waals surface area contributed by atoms with Gasteiger partial charge in [0.15, 0.2) is 5.65 Å². The lowest BCUT2D eigenvalue weighted by molar-refractivity contribution is 0.0704. The molecule has 8 heteroatoms. The zero-order valence-corrected chi connectivity index (χ0v) is 18.5. The number of fused-ring (bicyclic) bond motifs is 1. The second-order valence-corrected chi connectivity index (χ2v) is 8.14. The van der Waals surface area contributed by atoms with E-state index in [1.807, 2.05) is 28.8 Å². The number of likely N-dealkylation sites (tertiary alicyclic amines) is 1. The topological polar surface area (TPSA) is 63.1 Å². The van der Waals surface area contributed by atoms with Crippen LogP contribution in [0, 0.1) is 12.8 Å². The van der Waals surface area contributed by atoms with Gasteiger partial charge >= 0.3 is 0 Å². The van der Waals surface area contributed by atoms with E-state index >= 15 is 0 Å². The molecule has 1 amide bonds. The highest BCUT2D eigenvalue weighted by atomic mass is 35.5. The van der Waals surface area contributed by atoms with Gasteiger partial charge < -0.3 is 10.2 Å². The lowest BCUT2D eigenvalue weighted by atomic mass is 10.0. The lowest BCUT2D eigenvalue weighted by Crippen LogP contribution is -2.45. The van der Waals surface area contributed by atoms with Crippen LogP contribution >= 0.6 is 24.8 Å². The van der Waals surface area contributed by atoms with Crippen molar-refractivity contribution in [3.8, 4) is 0 Å². The molecule has 156 valence electrons. The maximum absolute atomic E-state index is 13.0. The summed E-state index contributed by atoms with van der Waals surface area (Å²) in [4.78, 5) is 19.7. The Hall–Kier alpha value is -1.37. The molecule has 2 fully saturated rings. The Balaban J connectivity index is 0.00000140. The molecule has 4 rings (SSSR count). The first-order chi connectivity index (χ1) is 12.5. The summed E-state index contributed by atoms with van der Waals surface area (Å²) in [5, 5.41) is 9.03. The fourth-order valence-corrected chi connectivity index (χ4v) is 3.77. The highest BCUT2D eigenvalue weighted by Crippen LogP contribution is 2.28. The van der Waals surface area contributed by atoms with Crippen molar-refractivity contribution < 1.29 is 4.79 Å². The van der Waals surface area contributed by atoms with Gasteiger partial charge in [0.25, 0.3) is 5.91 Å². The SMILES string of the molecule is Cc1nc2c(cnn2C(C)C)cc1C(=O)N1CCC(NCC2CC2)CC1.Cl.Cl. The monoisotopic (exact) mass is 427 g/mol. The van der Waals surface area contributed by atoms with Gasteiger partial charge in [-0.2, -0.15) is 5.10 Å². The summed E-state index contributed by atoms with van der Waals surface area (Å²) >= 11 is 0. The number of amides is 1. The molecule has 1 aliphatic heterocycles. The number of hydrogen-bond donors (Lipinski definition) is 1. The number of nitrogens with one attached hydrogen (secondary N) is 1. The highest BCUT2D eigenvalue weighted by Gasteiger charge is 2.27. The lowest BCUT2D eigenvalue weighted by Gasteiger charge is -2.32. The molecule has 28 heavy (non-hydrogen) atoms. The molecule has 0 atom stereocenters. The van der Waals surface area contributed by atoms with E-state index in [4.69, 9.17) is 0 Å². The van der Waals surface area contributed by atoms with Crippen molar-refractivity contribution in [3.05, 3.63) is 23.5 Å². The Morgan fingerprint density at radius 1 is 1.21 bits per heavy atom. The fraction of sp³-hybridized carbons (Fsp3) is 0.650. The number of aryl methyl sites for hydroxylation is 1. The Kier molecular flexibility index (Phi) is 7.71. The van der Waals surface area contributed by atoms with Gasteiger partial charge in [0, 0.05) is 30.6 Å². The second-order valence-electron chi connectivity index (χ2n) is 8.14. The van der Waals surface area contributed by atoms with E-state index in [1.165, 1.54) is 12.8 Å². The quantitative estimate of drug-likeness (QED) is 0.788. The first-order valence-corrected chi connectivity index (χ1v) is 9.90. The summed E-state index contributed by atoms with van der Waals surface area (Å²) in [6, 6.07) is 2.78. The number of carbonyl (C=O) groups excluding carboxylic acids is 1. The minimum atomic E-state index is 0. The predicted octanol–water partition coefficient (Wildman–Crippen LogP) is 3.77. The zero-order valence-electron chi connectivity index (χ0n) is 16.9. The third kappa shape index (κ3) is 4.78. The summed E-state index contributed by atoms with van der Waals surface area (Å²) in [5.74, 6) is 1.01. The summed E-state index contributed by atoms with van der Waals surface area (Å²) in [6.07, 6.45) is 6.66. The van der Waals surface area contributed by atoms with Crippen LogP contribution in [0.1, 0.15) is 61.6 Å². The van der Waals surface area contributed by atoms with Crippen LogP contribution in [0.25, 0.3) is 11.0 Å². The Morgan fingerprint density at radius 3 is 2.50 bits per heavy atom. The molecule has 3 heterocycles. The van der Waals surface area contributed by atoms with Crippen molar-refractivity contribution in [1.82, 2.24) is 25.0 Å². The molecule has 0 unspecified atom stereocenters. The van der Waals surface area contributed by atoms with Crippen molar-refractivity contribution in [2.45, 2.75) is 58.5 Å². The van der Waals surface area contributed by atoms with E-state index in [2.05, 4.69) is 29.2 Å². The van der Waals surface area contributed by atoms with E-state index in [0.717, 1.165) is 55.1 Å². The third-order valence-electron chi connectivity index (χ3n) is 5.65. The first-order valence-electron chi connectivity index (χ1n) is 9.90. The molecule has 1 saturated carbocycles. The minimum Gasteiger partial charge on any atom is -0.338 e. The van der Waals surface area contributed by atoms with E-state index in [0.29, 0.717) is 11.6 Å². The van der Waals surface area contributed by atoms with Gasteiger partial charge in [-0.05, 0) is 65.0 Å². The fourth-order valence-electron chi connectivity index (χ4n) is 3.77. The average Bonchev–Trinajstić information content (AvgIpc) is 3.37. The zero-order chi connectivity index (χ0) is 18.3. The molecule has 1 N–H and O–H groups in total. The number of halogens is 2. The summed E-state index contributed by atoms with van der Waals surface area (Å²) < 4.78 is 1.91. The summed E-state index contributed by atoms with van der Waals surface area (Å²) in [6.45, 7) is 8.90. The van der Waals surface area contributed by atoms with E-state index in [-0.39, 0.29) is 36.8 Å². The van der Waals surface area contributed by atoms with Crippen molar-refractivity contribution in [3.63, 3.8) is 0 Å². The van der Waals surface area contributed by atoms with Crippen molar-refractivity contribution in [2.75, 3.05) is 19.6 Å². The van der Waals surface area contributed by atoms with Crippen LogP contribution in [0.5, 0.6) is 0 Å². The van der Waals surface area contributed by atoms with Gasteiger partial charge in [0.05, 0.1) is 17.5 Å². The third-order valence-corrected chi connectivity index (χ3v) is 5.65. The molecule has 2 aromatic heterocycles. The van der Waals surface area contributed by atoms with Gasteiger partial charge in [0.1, 0.15) is 0 Å². The molecule has 1 aliphatic carbocycles. The van der Waals surface area contributed by atoms with Gasteiger partial charge in [-0.1, -0.05) is 0 Å². The highest BCUT2D eigenvalue weighted by molar-refractivity contribution is 5.98. The number of rotatable bonds is 5. The molecule has 6 nitrogen and oxygen atoms in total. The van der Waals surface area contributed by atoms with Gasteiger partial charge in [-0.3, -0.25) is 4.79 Å². The maximum Gasteiger partial charge on any atom is 0.255 e. The molecule has 2 aromatic rings. The van der Waals surface area contributed by atoms with Gasteiger partial charge in [-0.25, -0.2) is 9.67 Å². The molecule has 0 spiro atoms. The van der Waals surface area contributed by atoms with Crippen LogP contribution in [0.3, 0.4) is 0 Å². The van der Waals surface area contributed by atoms with Crippen LogP contribution in [0.2, 0.25) is 0 Å². The number of hydrogen-bond acceptors (Lipinski definition) is 4. The van der Waals surface area contributed by atoms with Crippen LogP contribution < -0.4 is 5.32 Å². The Bertz CT molecular complexity index is 810. The number of aromatic nitrogens is 3. The van der Waals surface area contributed by atoms with Crippen LogP contribution in [-0.2, 0) is 0 Å². The molecule has 0 radical (unpaired) electrons. The van der Waals surface area contributed by atoms with Crippen molar-refractivity contribution in [2.24, 2.45) is 5.92 Å². The van der Waals surface area contributed by atoms with Crippen LogP contribution in [-0.4, -0.2) is 51.2 Å². The molecular weight excluding hydrogens is 397 g/mol. The van der Waals surface area contributed by atoms with Crippen LogP contribution in [0.4, 0.5) is 0 Å². The predicted molar refractivity (Wildman–Crippen MR) is 117 cm³/mol. The number of pyridine rings is 1. The maximum atomic E-state index is 13.0. The van der Waals surface area contributed by atoms with Gasteiger partial charge in [-0.15, -0.1) is 24.8 Å². The van der Waals surface area contributed by atoms with E-state index < -0.39 is 0 Å². The molecule has 0 bridgehead atoms. The van der Waals surface area contributed by atoms with Crippen molar-refractivity contribution >= 4 is 41.8 Å². The normalized spacial score (nSPS) is 17.5. The first kappa shape index (κ1) is 22.9. The number of piperidine rings is 1. The molecular formula is C20H31Cl2N5O. The summed E-state index contributed by atoms with van der Waals surface area (Å²) in [5.41, 5.74) is 2.36. The van der Waals surface area contributed by atoms with E-state index in [1.54, 1.807) is 0 Å². The van der Waals surface area contributed by atoms with Crippen LogP contribution in [0.15, 0.2) is 12.3 Å². The standard InChI is InChI=1S/C20H29N5O.2ClH/c1-13(2)25-19-16(12-22-25)10-18(14(3)23-19)20(26)24-8-6-17(7-9-24)21-11-15-4-5-15;;/h10,12-13,15,17,21H,4-9,11H2,1-3H3;2*1H. The van der Waals surface area contributed by atoms with Crippen molar-refractivity contribution in [1.29, 1.82) is 0 Å². The molecule has 2 aliphatic rings.